The second-order valence-electron chi connectivity index (χ2n) is 6.52. The number of rotatable bonds is 3. The molecule has 0 unspecified atom stereocenters. The van der Waals surface area contributed by atoms with Crippen molar-refractivity contribution in [3.05, 3.63) is 73.8 Å². The molecule has 5 nitrogen and oxygen atoms in total. The van der Waals surface area contributed by atoms with Crippen molar-refractivity contribution in [2.24, 2.45) is 5.92 Å². The lowest BCUT2D eigenvalue weighted by molar-refractivity contribution is -0.385. The number of hydrogen-bond acceptors (Lipinski definition) is 4. The summed E-state index contributed by atoms with van der Waals surface area (Å²) in [6.07, 6.45) is 5.19. The fraction of sp³-hybridized carbons (Fsp3) is 0.263. The van der Waals surface area contributed by atoms with Crippen LogP contribution in [0.15, 0.2) is 42.5 Å². The van der Waals surface area contributed by atoms with Crippen LogP contribution in [-0.2, 0) is 0 Å². The number of halogens is 2. The fourth-order valence-electron chi connectivity index (χ4n) is 3.99. The molecule has 0 fully saturated rings. The van der Waals surface area contributed by atoms with Crippen molar-refractivity contribution in [3.63, 3.8) is 0 Å². The highest BCUT2D eigenvalue weighted by Gasteiger charge is 2.39. The summed E-state index contributed by atoms with van der Waals surface area (Å²) in [6.45, 7) is 0. The molecule has 0 bridgehead atoms. The largest absolute Gasteiger partial charge is 0.490 e. The van der Waals surface area contributed by atoms with Crippen LogP contribution in [0.25, 0.3) is 0 Å². The molecule has 0 saturated heterocycles. The van der Waals surface area contributed by atoms with Gasteiger partial charge in [-0.2, -0.15) is 0 Å². The van der Waals surface area contributed by atoms with Gasteiger partial charge in [0.15, 0.2) is 5.75 Å². The van der Waals surface area contributed by atoms with Crippen molar-refractivity contribution in [3.8, 4) is 5.75 Å². The van der Waals surface area contributed by atoms with Gasteiger partial charge in [-0.15, -0.1) is 0 Å². The minimum Gasteiger partial charge on any atom is -0.490 e. The average molecular weight is 391 g/mol. The number of hydrogen-bond donors (Lipinski definition) is 1. The molecule has 2 aromatic carbocycles. The van der Waals surface area contributed by atoms with Gasteiger partial charge in [-0.05, 0) is 41.7 Å². The van der Waals surface area contributed by atoms with Crippen molar-refractivity contribution in [2.75, 3.05) is 12.4 Å². The van der Waals surface area contributed by atoms with Crippen molar-refractivity contribution < 1.29 is 9.66 Å². The van der Waals surface area contributed by atoms with E-state index in [9.17, 15) is 10.1 Å². The van der Waals surface area contributed by atoms with Crippen molar-refractivity contribution in [2.45, 2.75) is 18.4 Å². The summed E-state index contributed by atoms with van der Waals surface area (Å²) in [6, 6.07) is 8.66. The van der Waals surface area contributed by atoms with Gasteiger partial charge >= 0.3 is 5.69 Å². The third-order valence-electron chi connectivity index (χ3n) is 5.14. The van der Waals surface area contributed by atoms with Crippen LogP contribution in [0.1, 0.15) is 29.5 Å². The molecule has 7 heteroatoms. The number of anilines is 1. The third kappa shape index (κ3) is 2.72. The number of nitrogens with zero attached hydrogens (tertiary/aromatic N) is 1. The van der Waals surface area contributed by atoms with E-state index in [0.29, 0.717) is 10.0 Å². The van der Waals surface area contributed by atoms with Crippen LogP contribution in [0.5, 0.6) is 5.75 Å². The van der Waals surface area contributed by atoms with Gasteiger partial charge in [0.05, 0.1) is 28.8 Å². The smallest absolute Gasteiger partial charge is 0.311 e. The van der Waals surface area contributed by atoms with Gasteiger partial charge in [0.25, 0.3) is 0 Å². The second-order valence-corrected chi connectivity index (χ2v) is 7.36. The number of benzene rings is 2. The van der Waals surface area contributed by atoms with Gasteiger partial charge in [0, 0.05) is 17.0 Å². The van der Waals surface area contributed by atoms with Crippen LogP contribution >= 0.6 is 23.2 Å². The van der Waals surface area contributed by atoms with E-state index in [-0.39, 0.29) is 29.3 Å². The van der Waals surface area contributed by atoms with E-state index in [0.717, 1.165) is 23.2 Å². The van der Waals surface area contributed by atoms with E-state index in [4.69, 9.17) is 27.9 Å². The van der Waals surface area contributed by atoms with Crippen molar-refractivity contribution in [1.82, 2.24) is 0 Å². The molecule has 26 heavy (non-hydrogen) atoms. The van der Waals surface area contributed by atoms with Crippen LogP contribution < -0.4 is 10.1 Å². The first-order valence-electron chi connectivity index (χ1n) is 8.24. The number of allylic oxidation sites excluding steroid dienone is 2. The zero-order chi connectivity index (χ0) is 18.4. The average Bonchev–Trinajstić information content (AvgIpc) is 3.10. The van der Waals surface area contributed by atoms with E-state index >= 15 is 0 Å². The summed E-state index contributed by atoms with van der Waals surface area (Å²) in [5.41, 5.74) is 2.71. The second kappa shape index (κ2) is 6.49. The summed E-state index contributed by atoms with van der Waals surface area (Å²) < 4.78 is 5.11. The Morgan fingerprint density at radius 2 is 2.08 bits per heavy atom. The Morgan fingerprint density at radius 1 is 1.27 bits per heavy atom. The van der Waals surface area contributed by atoms with Gasteiger partial charge in [0.1, 0.15) is 0 Å². The third-order valence-corrected chi connectivity index (χ3v) is 5.66. The van der Waals surface area contributed by atoms with Gasteiger partial charge < -0.3 is 10.1 Å². The van der Waals surface area contributed by atoms with E-state index < -0.39 is 4.92 Å². The Balaban J connectivity index is 1.81. The van der Waals surface area contributed by atoms with Crippen LogP contribution in [0.3, 0.4) is 0 Å². The predicted molar refractivity (Wildman–Crippen MR) is 102 cm³/mol. The molecular formula is C19H16Cl2N2O3. The number of nitro benzene ring substituents is 1. The maximum Gasteiger partial charge on any atom is 0.311 e. The molecule has 1 aliphatic carbocycles. The predicted octanol–water partition coefficient (Wildman–Crippen LogP) is 5.74. The Hall–Kier alpha value is -2.24. The summed E-state index contributed by atoms with van der Waals surface area (Å²) in [5, 5.41) is 16.0. The number of methoxy groups -OCH3 is 1. The molecular weight excluding hydrogens is 375 g/mol. The summed E-state index contributed by atoms with van der Waals surface area (Å²) in [5.74, 6) is 0.666. The number of nitrogens with one attached hydrogen (secondary N) is 1. The molecule has 1 aliphatic heterocycles. The first kappa shape index (κ1) is 17.2. The summed E-state index contributed by atoms with van der Waals surface area (Å²) in [7, 11) is 1.43. The van der Waals surface area contributed by atoms with Crippen LogP contribution in [-0.4, -0.2) is 12.0 Å². The molecule has 2 aromatic rings. The molecule has 4 rings (SSSR count). The van der Waals surface area contributed by atoms with E-state index in [1.54, 1.807) is 18.2 Å². The molecule has 1 N–H and O–H groups in total. The monoisotopic (exact) mass is 390 g/mol. The molecule has 1 heterocycles. The maximum atomic E-state index is 11.4. The zero-order valence-electron chi connectivity index (χ0n) is 13.9. The van der Waals surface area contributed by atoms with Gasteiger partial charge in [-0.25, -0.2) is 0 Å². The number of fused-ring (bicyclic) bond motifs is 3. The molecule has 0 radical (unpaired) electrons. The quantitative estimate of drug-likeness (QED) is 0.412. The Labute approximate surface area is 160 Å². The van der Waals surface area contributed by atoms with E-state index in [2.05, 4.69) is 17.5 Å². The summed E-state index contributed by atoms with van der Waals surface area (Å²) in [4.78, 5) is 11.0. The molecule has 2 aliphatic rings. The van der Waals surface area contributed by atoms with Gasteiger partial charge in [0.2, 0.25) is 0 Å². The first-order chi connectivity index (χ1) is 12.5. The highest BCUT2D eigenvalue weighted by Crippen LogP contribution is 2.52. The van der Waals surface area contributed by atoms with Crippen LogP contribution in [0.4, 0.5) is 11.4 Å². The molecule has 0 amide bonds. The number of ether oxygens (including phenoxy) is 1. The first-order valence-corrected chi connectivity index (χ1v) is 8.99. The topological polar surface area (TPSA) is 64.4 Å². The molecule has 0 saturated carbocycles. The fourth-order valence-corrected chi connectivity index (χ4v) is 4.56. The molecule has 3 atom stereocenters. The highest BCUT2D eigenvalue weighted by atomic mass is 35.5. The molecule has 0 spiro atoms. The van der Waals surface area contributed by atoms with E-state index in [1.165, 1.54) is 7.11 Å². The van der Waals surface area contributed by atoms with Crippen molar-refractivity contribution >= 4 is 34.6 Å². The molecule has 134 valence electrons. The summed E-state index contributed by atoms with van der Waals surface area (Å²) >= 11 is 12.6. The maximum absolute atomic E-state index is 11.4. The molecule has 0 aromatic heterocycles. The van der Waals surface area contributed by atoms with E-state index in [1.807, 2.05) is 12.1 Å². The minimum absolute atomic E-state index is 0.0395. The number of nitro groups is 1. The van der Waals surface area contributed by atoms with Crippen LogP contribution in [0.2, 0.25) is 10.0 Å². The lowest BCUT2D eigenvalue weighted by atomic mass is 9.77. The SMILES string of the molecule is COc1ccc([C@H]2Nc3c(Cl)cc(Cl)cc3[C@H]3C=CC[C@@H]32)cc1[N+](=O)[O-]. The van der Waals surface area contributed by atoms with Gasteiger partial charge in [-0.3, -0.25) is 10.1 Å². The van der Waals surface area contributed by atoms with Crippen LogP contribution in [0, 0.1) is 16.0 Å². The minimum atomic E-state index is -0.420. The Morgan fingerprint density at radius 3 is 2.81 bits per heavy atom. The zero-order valence-corrected chi connectivity index (χ0v) is 15.4. The lowest BCUT2D eigenvalue weighted by Gasteiger charge is -2.38. The standard InChI is InChI=1S/C19H16Cl2N2O3/c1-26-17-6-5-10(7-16(17)23(24)25)18-13-4-2-3-12(13)14-8-11(20)9-15(21)19(14)22-18/h2-3,5-9,12-13,18,22H,4H2,1H3/t12-,13-,18+/m0/s1. The highest BCUT2D eigenvalue weighted by molar-refractivity contribution is 6.36. The Kier molecular flexibility index (Phi) is 4.29. The lowest BCUT2D eigenvalue weighted by Crippen LogP contribution is -2.29. The normalized spacial score (nSPS) is 23.1. The van der Waals surface area contributed by atoms with Gasteiger partial charge in [-0.1, -0.05) is 41.4 Å². The Bertz CT molecular complexity index is 929. The van der Waals surface area contributed by atoms with Crippen molar-refractivity contribution in [1.29, 1.82) is 0 Å².